The Morgan fingerprint density at radius 3 is 2.84 bits per heavy atom. The summed E-state index contributed by atoms with van der Waals surface area (Å²) in [5.41, 5.74) is 7.34. The maximum absolute atomic E-state index is 11.3. The first-order chi connectivity index (χ1) is 12.0. The molecule has 1 fully saturated rings. The average molecular weight is 403 g/mol. The molecule has 9 heteroatoms. The molecule has 0 aliphatic carbocycles. The largest absolute Gasteiger partial charge is 0.457 e. The molecule has 0 radical (unpaired) electrons. The van der Waals surface area contributed by atoms with Crippen LogP contribution >= 0.6 is 15.9 Å². The third-order valence-electron chi connectivity index (χ3n) is 4.04. The number of amides is 1. The van der Waals surface area contributed by atoms with Crippen molar-refractivity contribution in [3.05, 3.63) is 34.9 Å². The highest BCUT2D eigenvalue weighted by Gasteiger charge is 2.32. The quantitative estimate of drug-likeness (QED) is 0.716. The number of anilines is 1. The molecule has 0 bridgehead atoms. The van der Waals surface area contributed by atoms with Gasteiger partial charge >= 0.3 is 6.01 Å². The van der Waals surface area contributed by atoms with Crippen LogP contribution in [0.5, 0.6) is 6.01 Å². The summed E-state index contributed by atoms with van der Waals surface area (Å²) in [4.78, 5) is 25.8. The van der Waals surface area contributed by atoms with Gasteiger partial charge in [0, 0.05) is 23.7 Å². The number of halogens is 1. The lowest BCUT2D eigenvalue weighted by molar-refractivity contribution is -0.137. The summed E-state index contributed by atoms with van der Waals surface area (Å²) in [5, 5.41) is 0. The molecule has 3 heterocycles. The van der Waals surface area contributed by atoms with E-state index in [2.05, 4.69) is 30.9 Å². The number of fused-ring (bicyclic) bond motifs is 1. The van der Waals surface area contributed by atoms with E-state index in [9.17, 15) is 4.79 Å². The predicted molar refractivity (Wildman–Crippen MR) is 95.4 cm³/mol. The standard InChI is InChI=1S/C16H15BrN6O2/c1-9(24)22-7-11(8-22)25-16-20-12-3-2-10(17)6-13(12)23(16)14-4-5-19-15(18)21-14/h2-6,11H,7-8H2,1H3,(H2,18,19,21). The van der Waals surface area contributed by atoms with Gasteiger partial charge in [0.1, 0.15) is 11.9 Å². The molecular formula is C16H15BrN6O2. The van der Waals surface area contributed by atoms with Crippen LogP contribution in [-0.2, 0) is 4.79 Å². The van der Waals surface area contributed by atoms with Gasteiger partial charge in [-0.15, -0.1) is 0 Å². The van der Waals surface area contributed by atoms with Crippen molar-refractivity contribution < 1.29 is 9.53 Å². The number of ether oxygens (including phenoxy) is 1. The molecular weight excluding hydrogens is 388 g/mol. The van der Waals surface area contributed by atoms with E-state index in [0.717, 1.165) is 15.5 Å². The number of carbonyl (C=O) groups excluding carboxylic acids is 1. The van der Waals surface area contributed by atoms with Crippen LogP contribution in [0.25, 0.3) is 16.9 Å². The number of nitrogen functional groups attached to an aromatic ring is 1. The van der Waals surface area contributed by atoms with Crippen LogP contribution in [0.15, 0.2) is 34.9 Å². The van der Waals surface area contributed by atoms with Crippen LogP contribution < -0.4 is 10.5 Å². The Bertz CT molecular complexity index is 966. The lowest BCUT2D eigenvalue weighted by Crippen LogP contribution is -2.55. The average Bonchev–Trinajstić information content (AvgIpc) is 2.87. The molecule has 128 valence electrons. The second-order valence-corrected chi connectivity index (χ2v) is 6.72. The highest BCUT2D eigenvalue weighted by atomic mass is 79.9. The fraction of sp³-hybridized carbons (Fsp3) is 0.250. The molecule has 3 aromatic rings. The van der Waals surface area contributed by atoms with Crippen molar-refractivity contribution in [2.24, 2.45) is 0 Å². The van der Waals surface area contributed by atoms with Crippen LogP contribution in [-0.4, -0.2) is 49.5 Å². The molecule has 0 unspecified atom stereocenters. The number of nitrogens with zero attached hydrogens (tertiary/aromatic N) is 5. The summed E-state index contributed by atoms with van der Waals surface area (Å²) in [6.07, 6.45) is 1.49. The number of rotatable bonds is 3. The van der Waals surface area contributed by atoms with Gasteiger partial charge in [0.05, 0.1) is 24.1 Å². The van der Waals surface area contributed by atoms with E-state index in [1.54, 1.807) is 28.7 Å². The van der Waals surface area contributed by atoms with E-state index in [1.165, 1.54) is 0 Å². The van der Waals surface area contributed by atoms with Crippen molar-refractivity contribution in [3.8, 4) is 11.8 Å². The number of benzene rings is 1. The number of likely N-dealkylation sites (tertiary alicyclic amines) is 1. The highest BCUT2D eigenvalue weighted by molar-refractivity contribution is 9.10. The van der Waals surface area contributed by atoms with Gasteiger partial charge in [0.2, 0.25) is 11.9 Å². The first-order valence-electron chi connectivity index (χ1n) is 7.70. The van der Waals surface area contributed by atoms with Gasteiger partial charge in [-0.25, -0.2) is 9.55 Å². The minimum absolute atomic E-state index is 0.0425. The van der Waals surface area contributed by atoms with Crippen LogP contribution in [0, 0.1) is 0 Å². The summed E-state index contributed by atoms with van der Waals surface area (Å²) in [6.45, 7) is 2.65. The monoisotopic (exact) mass is 402 g/mol. The van der Waals surface area contributed by atoms with Crippen molar-refractivity contribution in [2.75, 3.05) is 18.8 Å². The fourth-order valence-corrected chi connectivity index (χ4v) is 3.08. The molecule has 25 heavy (non-hydrogen) atoms. The van der Waals surface area contributed by atoms with Gasteiger partial charge < -0.3 is 15.4 Å². The Morgan fingerprint density at radius 1 is 1.32 bits per heavy atom. The minimum Gasteiger partial charge on any atom is -0.457 e. The van der Waals surface area contributed by atoms with E-state index in [1.807, 2.05) is 18.2 Å². The third kappa shape index (κ3) is 2.91. The normalized spacial score (nSPS) is 14.6. The highest BCUT2D eigenvalue weighted by Crippen LogP contribution is 2.29. The van der Waals surface area contributed by atoms with E-state index < -0.39 is 0 Å². The Kier molecular flexibility index (Phi) is 3.79. The van der Waals surface area contributed by atoms with Crippen molar-refractivity contribution in [3.63, 3.8) is 0 Å². The Labute approximate surface area is 151 Å². The first kappa shape index (κ1) is 15.8. The van der Waals surface area contributed by atoms with Gasteiger partial charge in [0.25, 0.3) is 0 Å². The molecule has 4 rings (SSSR count). The number of aromatic nitrogens is 4. The van der Waals surface area contributed by atoms with Gasteiger partial charge in [-0.2, -0.15) is 9.97 Å². The molecule has 1 saturated heterocycles. The summed E-state index contributed by atoms with van der Waals surface area (Å²) < 4.78 is 8.74. The van der Waals surface area contributed by atoms with Gasteiger partial charge in [0.15, 0.2) is 0 Å². The van der Waals surface area contributed by atoms with Crippen molar-refractivity contribution in [1.82, 2.24) is 24.4 Å². The zero-order chi connectivity index (χ0) is 17.6. The molecule has 0 saturated carbocycles. The number of carbonyl (C=O) groups is 1. The fourth-order valence-electron chi connectivity index (χ4n) is 2.73. The molecule has 1 amide bonds. The molecule has 0 atom stereocenters. The van der Waals surface area contributed by atoms with Crippen molar-refractivity contribution >= 4 is 38.8 Å². The number of nitrogens with two attached hydrogens (primary N) is 1. The minimum atomic E-state index is -0.0953. The maximum Gasteiger partial charge on any atom is 0.303 e. The number of imidazole rings is 1. The lowest BCUT2D eigenvalue weighted by Gasteiger charge is -2.37. The van der Waals surface area contributed by atoms with Crippen molar-refractivity contribution in [2.45, 2.75) is 13.0 Å². The number of hydrogen-bond donors (Lipinski definition) is 1. The third-order valence-corrected chi connectivity index (χ3v) is 4.53. The molecule has 1 aliphatic rings. The first-order valence-corrected chi connectivity index (χ1v) is 8.49. The molecule has 1 aromatic carbocycles. The van der Waals surface area contributed by atoms with Crippen LogP contribution in [0.4, 0.5) is 5.95 Å². The molecule has 0 spiro atoms. The summed E-state index contributed by atoms with van der Waals surface area (Å²) in [6, 6.07) is 7.91. The zero-order valence-corrected chi connectivity index (χ0v) is 15.0. The smallest absolute Gasteiger partial charge is 0.303 e. The summed E-state index contributed by atoms with van der Waals surface area (Å²) >= 11 is 3.48. The maximum atomic E-state index is 11.3. The van der Waals surface area contributed by atoms with Crippen LogP contribution in [0.2, 0.25) is 0 Å². The number of hydrogen-bond acceptors (Lipinski definition) is 6. The lowest BCUT2D eigenvalue weighted by atomic mass is 10.2. The van der Waals surface area contributed by atoms with Gasteiger partial charge in [-0.1, -0.05) is 15.9 Å². The van der Waals surface area contributed by atoms with E-state index >= 15 is 0 Å². The molecule has 8 nitrogen and oxygen atoms in total. The molecule has 1 aliphatic heterocycles. The van der Waals surface area contributed by atoms with Gasteiger partial charge in [-0.3, -0.25) is 4.79 Å². The Balaban J connectivity index is 1.76. The van der Waals surface area contributed by atoms with E-state index in [0.29, 0.717) is 24.9 Å². The SMILES string of the molecule is CC(=O)N1CC(Oc2nc3ccc(Br)cc3n2-c2ccnc(N)n2)C1. The Morgan fingerprint density at radius 2 is 2.12 bits per heavy atom. The summed E-state index contributed by atoms with van der Waals surface area (Å²) in [5.74, 6) is 0.790. The molecule has 2 aromatic heterocycles. The zero-order valence-electron chi connectivity index (χ0n) is 13.4. The predicted octanol–water partition coefficient (Wildman–Crippen LogP) is 1.77. The second kappa shape index (κ2) is 5.99. The van der Waals surface area contributed by atoms with E-state index in [-0.39, 0.29) is 18.0 Å². The van der Waals surface area contributed by atoms with Crippen LogP contribution in [0.1, 0.15) is 6.92 Å². The topological polar surface area (TPSA) is 99.2 Å². The van der Waals surface area contributed by atoms with E-state index in [4.69, 9.17) is 10.5 Å². The summed E-state index contributed by atoms with van der Waals surface area (Å²) in [7, 11) is 0. The second-order valence-electron chi connectivity index (χ2n) is 5.80. The Hall–Kier alpha value is -2.68. The molecule has 2 N–H and O–H groups in total. The van der Waals surface area contributed by atoms with Crippen molar-refractivity contribution in [1.29, 1.82) is 0 Å². The van der Waals surface area contributed by atoms with Crippen LogP contribution in [0.3, 0.4) is 0 Å². The van der Waals surface area contributed by atoms with Gasteiger partial charge in [-0.05, 0) is 18.2 Å².